The van der Waals surface area contributed by atoms with E-state index in [4.69, 9.17) is 4.74 Å². The number of hydrogen-bond donors (Lipinski definition) is 0. The van der Waals surface area contributed by atoms with Crippen molar-refractivity contribution in [2.75, 3.05) is 0 Å². The minimum absolute atomic E-state index is 0.109. The normalized spacial score (nSPS) is 16.5. The number of aromatic nitrogens is 1. The molecule has 1 aromatic rings. The van der Waals surface area contributed by atoms with Crippen LogP contribution in [0.1, 0.15) is 39.3 Å². The van der Waals surface area contributed by atoms with Gasteiger partial charge in [-0.1, -0.05) is 20.8 Å². The summed E-state index contributed by atoms with van der Waals surface area (Å²) in [6.07, 6.45) is 4.69. The molecular formula is C12H16INO. The van der Waals surface area contributed by atoms with E-state index in [9.17, 15) is 0 Å². The zero-order chi connectivity index (χ0) is 11.1. The number of nitrogens with zero attached hydrogens (tertiary/aromatic N) is 1. The Kier molecular flexibility index (Phi) is 2.92. The summed E-state index contributed by atoms with van der Waals surface area (Å²) in [4.78, 5) is 4.46. The zero-order valence-corrected chi connectivity index (χ0v) is 11.5. The maximum atomic E-state index is 5.75. The third-order valence-corrected chi connectivity index (χ3v) is 3.25. The molecule has 1 aliphatic carbocycles. The fourth-order valence-corrected chi connectivity index (χ4v) is 1.84. The van der Waals surface area contributed by atoms with Gasteiger partial charge in [-0.2, -0.15) is 0 Å². The molecular weight excluding hydrogens is 301 g/mol. The van der Waals surface area contributed by atoms with E-state index in [-0.39, 0.29) is 5.41 Å². The van der Waals surface area contributed by atoms with Crippen molar-refractivity contribution in [3.63, 3.8) is 0 Å². The molecule has 3 heteroatoms. The summed E-state index contributed by atoms with van der Waals surface area (Å²) in [6.45, 7) is 6.52. The summed E-state index contributed by atoms with van der Waals surface area (Å²) in [5, 5.41) is 0. The molecule has 1 saturated carbocycles. The van der Waals surface area contributed by atoms with Crippen molar-refractivity contribution in [1.29, 1.82) is 0 Å². The highest BCUT2D eigenvalue weighted by atomic mass is 127. The Morgan fingerprint density at radius 1 is 1.40 bits per heavy atom. The van der Waals surface area contributed by atoms with E-state index in [0.717, 1.165) is 11.4 Å². The average Bonchev–Trinajstić information content (AvgIpc) is 2.90. The van der Waals surface area contributed by atoms with Crippen LogP contribution in [0.2, 0.25) is 0 Å². The van der Waals surface area contributed by atoms with Gasteiger partial charge in [0.1, 0.15) is 0 Å². The summed E-state index contributed by atoms with van der Waals surface area (Å²) >= 11 is 2.32. The molecule has 1 heterocycles. The third kappa shape index (κ3) is 2.83. The topological polar surface area (TPSA) is 22.1 Å². The largest absolute Gasteiger partial charge is 0.488 e. The number of pyridine rings is 1. The Hall–Kier alpha value is -0.320. The van der Waals surface area contributed by atoms with Crippen LogP contribution in [0, 0.1) is 3.57 Å². The lowest BCUT2D eigenvalue weighted by atomic mass is 9.92. The molecule has 82 valence electrons. The average molecular weight is 317 g/mol. The molecule has 0 atom stereocenters. The van der Waals surface area contributed by atoms with Gasteiger partial charge in [-0.05, 0) is 41.5 Å². The second-order valence-corrected chi connectivity index (χ2v) is 6.23. The van der Waals surface area contributed by atoms with Gasteiger partial charge in [0, 0.05) is 11.1 Å². The van der Waals surface area contributed by atoms with E-state index >= 15 is 0 Å². The molecule has 0 saturated heterocycles. The molecule has 1 fully saturated rings. The summed E-state index contributed by atoms with van der Waals surface area (Å²) in [5.74, 6) is 0.936. The van der Waals surface area contributed by atoms with Crippen LogP contribution in [0.4, 0.5) is 0 Å². The van der Waals surface area contributed by atoms with Crippen molar-refractivity contribution in [3.05, 3.63) is 21.5 Å². The SMILES string of the molecule is CC(C)(C)c1cc(I)c(OC2CC2)cn1. The summed E-state index contributed by atoms with van der Waals surface area (Å²) in [7, 11) is 0. The van der Waals surface area contributed by atoms with E-state index in [1.54, 1.807) is 0 Å². The highest BCUT2D eigenvalue weighted by Gasteiger charge is 2.25. The van der Waals surface area contributed by atoms with E-state index in [1.807, 2.05) is 6.20 Å². The van der Waals surface area contributed by atoms with E-state index in [0.29, 0.717) is 6.10 Å². The van der Waals surface area contributed by atoms with Crippen LogP contribution in [-0.4, -0.2) is 11.1 Å². The Balaban J connectivity index is 2.21. The van der Waals surface area contributed by atoms with Gasteiger partial charge in [0.05, 0.1) is 15.9 Å². The van der Waals surface area contributed by atoms with Gasteiger partial charge >= 0.3 is 0 Å². The second kappa shape index (κ2) is 3.92. The summed E-state index contributed by atoms with van der Waals surface area (Å²) < 4.78 is 6.92. The summed E-state index contributed by atoms with van der Waals surface area (Å²) in [6, 6.07) is 2.12. The van der Waals surface area contributed by atoms with E-state index in [2.05, 4.69) is 54.4 Å². The molecule has 0 aromatic carbocycles. The lowest BCUT2D eigenvalue weighted by molar-refractivity contribution is 0.299. The number of rotatable bonds is 2. The van der Waals surface area contributed by atoms with Gasteiger partial charge in [-0.15, -0.1) is 0 Å². The molecule has 2 nitrogen and oxygen atoms in total. The zero-order valence-electron chi connectivity index (χ0n) is 9.38. The second-order valence-electron chi connectivity index (χ2n) is 5.07. The first-order chi connectivity index (χ1) is 6.97. The smallest absolute Gasteiger partial charge is 0.151 e. The maximum Gasteiger partial charge on any atom is 0.151 e. The fourth-order valence-electron chi connectivity index (χ4n) is 1.28. The Morgan fingerprint density at radius 3 is 2.53 bits per heavy atom. The monoisotopic (exact) mass is 317 g/mol. The lowest BCUT2D eigenvalue weighted by Gasteiger charge is -2.18. The fraction of sp³-hybridized carbons (Fsp3) is 0.583. The van der Waals surface area contributed by atoms with E-state index in [1.165, 1.54) is 16.4 Å². The molecule has 1 aliphatic rings. The molecule has 0 amide bonds. The van der Waals surface area contributed by atoms with Crippen LogP contribution in [-0.2, 0) is 5.41 Å². The van der Waals surface area contributed by atoms with Crippen molar-refractivity contribution in [2.24, 2.45) is 0 Å². The van der Waals surface area contributed by atoms with Crippen molar-refractivity contribution in [3.8, 4) is 5.75 Å². The highest BCUT2D eigenvalue weighted by Crippen LogP contribution is 2.31. The van der Waals surface area contributed by atoms with Gasteiger partial charge in [0.2, 0.25) is 0 Å². The predicted octanol–water partition coefficient (Wildman–Crippen LogP) is 3.52. The van der Waals surface area contributed by atoms with Crippen LogP contribution >= 0.6 is 22.6 Å². The molecule has 2 rings (SSSR count). The van der Waals surface area contributed by atoms with Crippen molar-refractivity contribution >= 4 is 22.6 Å². The first kappa shape index (κ1) is 11.2. The van der Waals surface area contributed by atoms with Crippen LogP contribution in [0.3, 0.4) is 0 Å². The van der Waals surface area contributed by atoms with Crippen LogP contribution in [0.5, 0.6) is 5.75 Å². The molecule has 1 aromatic heterocycles. The Bertz CT molecular complexity index is 366. The van der Waals surface area contributed by atoms with Gasteiger partial charge in [-0.3, -0.25) is 4.98 Å². The van der Waals surface area contributed by atoms with Crippen molar-refractivity contribution < 1.29 is 4.74 Å². The Morgan fingerprint density at radius 2 is 2.07 bits per heavy atom. The highest BCUT2D eigenvalue weighted by molar-refractivity contribution is 14.1. The van der Waals surface area contributed by atoms with Gasteiger partial charge < -0.3 is 4.74 Å². The lowest BCUT2D eigenvalue weighted by Crippen LogP contribution is -2.14. The minimum Gasteiger partial charge on any atom is -0.488 e. The Labute approximate surface area is 105 Å². The number of ether oxygens (including phenoxy) is 1. The van der Waals surface area contributed by atoms with Crippen molar-refractivity contribution in [1.82, 2.24) is 4.98 Å². The number of halogens is 1. The predicted molar refractivity (Wildman–Crippen MR) is 69.3 cm³/mol. The number of hydrogen-bond acceptors (Lipinski definition) is 2. The maximum absolute atomic E-state index is 5.75. The summed E-state index contributed by atoms with van der Waals surface area (Å²) in [5.41, 5.74) is 1.23. The molecule has 0 unspecified atom stereocenters. The molecule has 0 radical (unpaired) electrons. The molecule has 0 bridgehead atoms. The van der Waals surface area contributed by atoms with Crippen LogP contribution in [0.15, 0.2) is 12.3 Å². The van der Waals surface area contributed by atoms with Crippen molar-refractivity contribution in [2.45, 2.75) is 45.1 Å². The van der Waals surface area contributed by atoms with Gasteiger partial charge in [0.15, 0.2) is 5.75 Å². The molecule has 15 heavy (non-hydrogen) atoms. The quantitative estimate of drug-likeness (QED) is 0.779. The molecule has 0 N–H and O–H groups in total. The minimum atomic E-state index is 0.109. The van der Waals surface area contributed by atoms with Crippen LogP contribution < -0.4 is 4.74 Å². The van der Waals surface area contributed by atoms with Gasteiger partial charge in [-0.25, -0.2) is 0 Å². The third-order valence-electron chi connectivity index (χ3n) is 2.41. The van der Waals surface area contributed by atoms with Crippen LogP contribution in [0.25, 0.3) is 0 Å². The first-order valence-corrected chi connectivity index (χ1v) is 6.37. The van der Waals surface area contributed by atoms with Gasteiger partial charge in [0.25, 0.3) is 0 Å². The first-order valence-electron chi connectivity index (χ1n) is 5.29. The van der Waals surface area contributed by atoms with E-state index < -0.39 is 0 Å². The molecule has 0 spiro atoms. The standard InChI is InChI=1S/C12H16INO/c1-12(2,3)11-6-9(13)10(7-14-11)15-8-4-5-8/h6-8H,4-5H2,1-3H3. The molecule has 0 aliphatic heterocycles.